The zero-order valence-corrected chi connectivity index (χ0v) is 55.8. The second kappa shape index (κ2) is 25.8. The Hall–Kier alpha value is -8.60. The predicted molar refractivity (Wildman–Crippen MR) is 357 cm³/mol. The molecule has 3 aromatic carbocycles. The second-order valence-corrected chi connectivity index (χ2v) is 29.0. The maximum atomic E-state index is 14.9. The van der Waals surface area contributed by atoms with E-state index < -0.39 is 11.6 Å². The molecule has 3 aliphatic rings. The third-order valence-electron chi connectivity index (χ3n) is 17.5. The molecule has 0 radical (unpaired) electrons. The summed E-state index contributed by atoms with van der Waals surface area (Å²) < 4.78 is 50.2. The highest BCUT2D eigenvalue weighted by molar-refractivity contribution is 5.75. The van der Waals surface area contributed by atoms with E-state index in [4.69, 9.17) is 4.74 Å². The summed E-state index contributed by atoms with van der Waals surface area (Å²) >= 11 is 0. The second-order valence-electron chi connectivity index (χ2n) is 29.0. The molecular formula is C70H88F3N17O2. The first-order chi connectivity index (χ1) is 43.2. The Kier molecular flexibility index (Phi) is 18.6. The number of halogens is 3. The van der Waals surface area contributed by atoms with Crippen LogP contribution in [0.1, 0.15) is 133 Å². The first kappa shape index (κ1) is 66.3. The van der Waals surface area contributed by atoms with Gasteiger partial charge in [-0.05, 0) is 170 Å². The number of aromatic nitrogens is 12. The third kappa shape index (κ3) is 15.6. The number of nitrogens with one attached hydrogen (secondary N) is 6. The van der Waals surface area contributed by atoms with E-state index in [1.54, 1.807) is 49.4 Å². The summed E-state index contributed by atoms with van der Waals surface area (Å²) in [4.78, 5) is 31.4. The summed E-state index contributed by atoms with van der Waals surface area (Å²) in [6, 6.07) is 12.7. The summed E-state index contributed by atoms with van der Waals surface area (Å²) in [5, 5.41) is 41.7. The molecule has 0 spiro atoms. The number of hydrogen-bond donors (Lipinski definition) is 7. The van der Waals surface area contributed by atoms with Crippen LogP contribution < -0.4 is 30.5 Å². The fraction of sp³-hybridized carbons (Fsp3) is 0.443. The molecule has 3 aliphatic heterocycles. The first-order valence-corrected chi connectivity index (χ1v) is 31.3. The average molecular weight is 1260 g/mol. The maximum Gasteiger partial charge on any atom is 0.232 e. The number of H-pyrrole nitrogens is 3. The van der Waals surface area contributed by atoms with E-state index in [0.717, 1.165) is 83.7 Å². The molecule has 486 valence electrons. The van der Waals surface area contributed by atoms with Crippen LogP contribution >= 0.6 is 0 Å². The molecule has 0 saturated carbocycles. The number of aryl methyl sites for hydroxylation is 2. The molecular weight excluding hydrogens is 1170 g/mol. The van der Waals surface area contributed by atoms with Gasteiger partial charge in [-0.3, -0.25) is 25.3 Å². The van der Waals surface area contributed by atoms with Crippen molar-refractivity contribution in [1.29, 1.82) is 0 Å². The highest BCUT2D eigenvalue weighted by atomic mass is 19.2. The van der Waals surface area contributed by atoms with E-state index in [1.165, 1.54) is 43.0 Å². The van der Waals surface area contributed by atoms with Crippen molar-refractivity contribution in [2.24, 2.45) is 0 Å². The van der Waals surface area contributed by atoms with Crippen molar-refractivity contribution in [2.45, 2.75) is 187 Å². The Bertz CT molecular complexity index is 3930. The zero-order chi connectivity index (χ0) is 66.3. The lowest BCUT2D eigenvalue weighted by molar-refractivity contribution is 0.0527. The van der Waals surface area contributed by atoms with Crippen LogP contribution in [0.2, 0.25) is 0 Å². The first-order valence-electron chi connectivity index (χ1n) is 31.3. The van der Waals surface area contributed by atoms with E-state index in [-0.39, 0.29) is 67.7 Å². The van der Waals surface area contributed by atoms with Crippen molar-refractivity contribution in [3.63, 3.8) is 0 Å². The van der Waals surface area contributed by atoms with Crippen LogP contribution in [0.3, 0.4) is 0 Å². The summed E-state index contributed by atoms with van der Waals surface area (Å²) in [6.45, 7) is 30.4. The minimum Gasteiger partial charge on any atom is -0.507 e. The quantitative estimate of drug-likeness (QED) is 0.0602. The number of rotatable bonds is 12. The van der Waals surface area contributed by atoms with Crippen LogP contribution in [0.4, 0.5) is 24.8 Å². The molecule has 22 heteroatoms. The molecule has 0 atom stereocenters. The largest absolute Gasteiger partial charge is 0.507 e. The molecule has 6 aromatic heterocycles. The molecule has 0 aliphatic carbocycles. The number of aromatic amines is 3. The molecule has 9 aromatic rings. The fourth-order valence-corrected chi connectivity index (χ4v) is 14.3. The van der Waals surface area contributed by atoms with Crippen molar-refractivity contribution in [3.05, 3.63) is 139 Å². The van der Waals surface area contributed by atoms with Crippen molar-refractivity contribution >= 4 is 11.6 Å². The van der Waals surface area contributed by atoms with E-state index in [2.05, 4.69) is 183 Å². The lowest BCUT2D eigenvalue weighted by atomic mass is 9.79. The number of anilines is 2. The highest BCUT2D eigenvalue weighted by Gasteiger charge is 2.42. The van der Waals surface area contributed by atoms with Gasteiger partial charge in [0.2, 0.25) is 5.88 Å². The van der Waals surface area contributed by atoms with Gasteiger partial charge >= 0.3 is 0 Å². The molecule has 7 N–H and O–H groups in total. The molecule has 0 bridgehead atoms. The van der Waals surface area contributed by atoms with Gasteiger partial charge in [0.25, 0.3) is 0 Å². The summed E-state index contributed by atoms with van der Waals surface area (Å²) in [7, 11) is 4.15. The minimum absolute atomic E-state index is 0.0141. The number of benzene rings is 3. The smallest absolute Gasteiger partial charge is 0.232 e. The van der Waals surface area contributed by atoms with Crippen LogP contribution in [0.5, 0.6) is 11.6 Å². The number of aromatic hydroxyl groups is 1. The normalized spacial score (nSPS) is 18.2. The van der Waals surface area contributed by atoms with Crippen molar-refractivity contribution in [3.8, 4) is 78.8 Å². The van der Waals surface area contributed by atoms with Crippen LogP contribution in [-0.4, -0.2) is 131 Å². The molecule has 12 rings (SSSR count). The Morgan fingerprint density at radius 3 is 1.37 bits per heavy atom. The Labute approximate surface area is 537 Å². The van der Waals surface area contributed by atoms with Crippen molar-refractivity contribution in [2.75, 3.05) is 23.9 Å². The Morgan fingerprint density at radius 1 is 0.457 bits per heavy atom. The Morgan fingerprint density at radius 2 is 0.913 bits per heavy atom. The van der Waals surface area contributed by atoms with Gasteiger partial charge in [0.1, 0.15) is 29.3 Å². The van der Waals surface area contributed by atoms with Gasteiger partial charge in [-0.15, -0.1) is 0 Å². The van der Waals surface area contributed by atoms with E-state index in [0.29, 0.717) is 46.0 Å². The van der Waals surface area contributed by atoms with Gasteiger partial charge in [-0.2, -0.15) is 15.3 Å². The minimum atomic E-state index is -0.974. The van der Waals surface area contributed by atoms with E-state index >= 15 is 0 Å². The standard InChI is InChI=1S/C24H31FN6.C24H32N6O.C22H25F2N5O/c1-15-7-19(20(25)8-18(15)16-11-28-29-12-16)21-13-27-22(14-26-21)31(6)17-9-23(2,3)30-24(4,5)10-17;1-15-19(12-27-28-15)16-7-8-18(21(31)9-16)20-13-26-22(14-25-20)30(6)17-10-23(2,3)29-24(4,5)11-17;1-21(2)7-14(8-22(3,4)29-21)30-18-12-25-17(11-26-18)16-6-5-15(19(23)20(16)24)13-9-27-28-10-13/h7-8,11-14,17,30H,9-10H2,1-6H3,(H,28,29);7-9,12-14,17,29,31H,10-11H2,1-6H3,(H,27,28);5-6,9-12,14,29H,7-8H2,1-4H3,(H,27,28). The lowest BCUT2D eigenvalue weighted by Crippen LogP contribution is -2.62. The molecule has 3 fully saturated rings. The monoisotopic (exact) mass is 1260 g/mol. The molecule has 3 saturated heterocycles. The molecule has 0 amide bonds. The van der Waals surface area contributed by atoms with Gasteiger partial charge in [-0.25, -0.2) is 33.1 Å². The number of phenols is 1. The van der Waals surface area contributed by atoms with E-state index in [9.17, 15) is 18.3 Å². The SMILES string of the molecule is CC1(C)CC(Oc2cnc(-c3ccc(-c4cn[nH]c4)c(F)c3F)cn2)CC(C)(C)N1.Cc1[nH]ncc1-c1ccc(-c2cnc(N(C)C3CC(C)(C)NC(C)(C)C3)cn2)c(O)c1.Cc1cc(-c2cnc(N(C)C3CC(C)(C)NC(C)(C)C3)cn2)c(F)cc1-c1cn[nH]c1. The highest BCUT2D eigenvalue weighted by Crippen LogP contribution is 2.39. The van der Waals surface area contributed by atoms with Gasteiger partial charge in [0.15, 0.2) is 11.6 Å². The summed E-state index contributed by atoms with van der Waals surface area (Å²) in [5.74, 6) is -0.0574. The fourth-order valence-electron chi connectivity index (χ4n) is 14.3. The number of phenolic OH excluding ortho intramolecular Hbond substituents is 1. The Balaban J connectivity index is 0.000000151. The summed E-state index contributed by atoms with van der Waals surface area (Å²) in [6.07, 6.45) is 23.7. The molecule has 9 heterocycles. The number of piperidine rings is 3. The van der Waals surface area contributed by atoms with Crippen LogP contribution in [0, 0.1) is 31.3 Å². The lowest BCUT2D eigenvalue weighted by Gasteiger charge is -2.49. The third-order valence-corrected chi connectivity index (χ3v) is 17.5. The topological polar surface area (TPSA) is 235 Å². The van der Waals surface area contributed by atoms with Crippen molar-refractivity contribution < 1.29 is 23.0 Å². The molecule has 0 unspecified atom stereocenters. The number of ether oxygens (including phenoxy) is 1. The van der Waals surface area contributed by atoms with E-state index in [1.807, 2.05) is 32.0 Å². The van der Waals surface area contributed by atoms with Crippen LogP contribution in [-0.2, 0) is 0 Å². The van der Waals surface area contributed by atoms with Crippen LogP contribution in [0.25, 0.3) is 67.2 Å². The average Bonchev–Trinajstić information content (AvgIpc) is 1.12. The summed E-state index contributed by atoms with van der Waals surface area (Å²) in [5.41, 5.74) is 8.77. The molecule has 92 heavy (non-hydrogen) atoms. The number of nitrogens with zero attached hydrogens (tertiary/aromatic N) is 11. The maximum absolute atomic E-state index is 14.9. The van der Waals surface area contributed by atoms with Gasteiger partial charge in [0, 0.05) is 129 Å². The van der Waals surface area contributed by atoms with Crippen LogP contribution in [0.15, 0.2) is 111 Å². The molecule has 19 nitrogen and oxygen atoms in total. The predicted octanol–water partition coefficient (Wildman–Crippen LogP) is 13.5. The zero-order valence-electron chi connectivity index (χ0n) is 55.8. The van der Waals surface area contributed by atoms with Gasteiger partial charge < -0.3 is 35.6 Å². The van der Waals surface area contributed by atoms with Gasteiger partial charge in [-0.1, -0.05) is 12.1 Å². The number of hydrogen-bond acceptors (Lipinski definition) is 16. The van der Waals surface area contributed by atoms with Gasteiger partial charge in [0.05, 0.1) is 72.9 Å². The van der Waals surface area contributed by atoms with Crippen molar-refractivity contribution in [1.82, 2.24) is 76.4 Å².